The molecule has 0 saturated carbocycles. The number of anilines is 2. The van der Waals surface area contributed by atoms with Crippen molar-refractivity contribution in [2.24, 2.45) is 0 Å². The van der Waals surface area contributed by atoms with Crippen LogP contribution in [0.1, 0.15) is 18.1 Å². The molecule has 2 rings (SSSR count). The zero-order valence-electron chi connectivity index (χ0n) is 12.6. The first-order chi connectivity index (χ1) is 10.5. The van der Waals surface area contributed by atoms with Crippen LogP contribution in [0, 0.1) is 6.92 Å². The third kappa shape index (κ3) is 4.59. The van der Waals surface area contributed by atoms with E-state index in [0.29, 0.717) is 11.4 Å². The van der Waals surface area contributed by atoms with Crippen molar-refractivity contribution in [2.75, 3.05) is 10.6 Å². The predicted molar refractivity (Wildman–Crippen MR) is 89.6 cm³/mol. The summed E-state index contributed by atoms with van der Waals surface area (Å²) in [6.45, 7) is 3.45. The van der Waals surface area contributed by atoms with Crippen molar-refractivity contribution in [3.05, 3.63) is 65.7 Å². The van der Waals surface area contributed by atoms with Gasteiger partial charge in [0.05, 0.1) is 0 Å². The molecule has 22 heavy (non-hydrogen) atoms. The van der Waals surface area contributed by atoms with Gasteiger partial charge in [0, 0.05) is 24.4 Å². The quantitative estimate of drug-likeness (QED) is 0.846. The highest BCUT2D eigenvalue weighted by Crippen LogP contribution is 2.14. The summed E-state index contributed by atoms with van der Waals surface area (Å²) in [4.78, 5) is 22.8. The highest BCUT2D eigenvalue weighted by Gasteiger charge is 2.00. The molecule has 0 saturated heterocycles. The molecule has 2 aromatic rings. The van der Waals surface area contributed by atoms with Crippen molar-refractivity contribution >= 4 is 29.3 Å². The lowest BCUT2D eigenvalue weighted by molar-refractivity contribution is -0.114. The average molecular weight is 294 g/mol. The van der Waals surface area contributed by atoms with E-state index in [4.69, 9.17) is 0 Å². The number of benzene rings is 2. The lowest BCUT2D eigenvalue weighted by Crippen LogP contribution is -2.08. The summed E-state index contributed by atoms with van der Waals surface area (Å²) in [5, 5.41) is 5.45. The third-order valence-corrected chi connectivity index (χ3v) is 3.08. The molecule has 0 unspecified atom stereocenters. The van der Waals surface area contributed by atoms with Gasteiger partial charge in [0.1, 0.15) is 0 Å². The van der Waals surface area contributed by atoms with E-state index in [-0.39, 0.29) is 11.8 Å². The second-order valence-corrected chi connectivity index (χ2v) is 4.94. The molecule has 0 aliphatic carbocycles. The number of aryl methyl sites for hydroxylation is 1. The first kappa shape index (κ1) is 15.5. The molecule has 0 heterocycles. The number of carbonyl (C=O) groups is 2. The summed E-state index contributed by atoms with van der Waals surface area (Å²) in [6, 6.07) is 14.8. The maximum Gasteiger partial charge on any atom is 0.248 e. The second kappa shape index (κ2) is 7.22. The van der Waals surface area contributed by atoms with Gasteiger partial charge in [-0.25, -0.2) is 0 Å². The molecule has 112 valence electrons. The molecular weight excluding hydrogens is 276 g/mol. The van der Waals surface area contributed by atoms with E-state index >= 15 is 0 Å². The minimum Gasteiger partial charge on any atom is -0.326 e. The van der Waals surface area contributed by atoms with Crippen molar-refractivity contribution in [1.82, 2.24) is 0 Å². The fourth-order valence-electron chi connectivity index (χ4n) is 1.96. The summed E-state index contributed by atoms with van der Waals surface area (Å²) in [5.74, 6) is -0.325. The van der Waals surface area contributed by atoms with Crippen molar-refractivity contribution in [2.45, 2.75) is 13.8 Å². The van der Waals surface area contributed by atoms with Gasteiger partial charge in [-0.15, -0.1) is 0 Å². The molecule has 4 nitrogen and oxygen atoms in total. The first-order valence-electron chi connectivity index (χ1n) is 6.97. The van der Waals surface area contributed by atoms with E-state index in [0.717, 1.165) is 11.1 Å². The zero-order valence-corrected chi connectivity index (χ0v) is 12.6. The number of nitrogens with one attached hydrogen (secondary N) is 2. The molecule has 0 spiro atoms. The Hall–Kier alpha value is -2.88. The number of amides is 2. The van der Waals surface area contributed by atoms with Gasteiger partial charge in [-0.1, -0.05) is 24.3 Å². The minimum absolute atomic E-state index is 0.127. The largest absolute Gasteiger partial charge is 0.326 e. The lowest BCUT2D eigenvalue weighted by Gasteiger charge is -2.05. The molecule has 0 radical (unpaired) electrons. The van der Waals surface area contributed by atoms with Crippen LogP contribution in [0.25, 0.3) is 6.08 Å². The maximum absolute atomic E-state index is 11.9. The molecule has 0 aromatic heterocycles. The molecule has 0 fully saturated rings. The Balaban J connectivity index is 1.97. The summed E-state index contributed by atoms with van der Waals surface area (Å²) < 4.78 is 0. The normalized spacial score (nSPS) is 10.5. The molecule has 4 heteroatoms. The van der Waals surface area contributed by atoms with Gasteiger partial charge in [-0.2, -0.15) is 0 Å². The fourth-order valence-corrected chi connectivity index (χ4v) is 1.96. The standard InChI is InChI=1S/C18H18N2O2/c1-13-5-3-4-6-15(13)7-12-18(22)20-17-10-8-16(9-11-17)19-14(2)21/h3-12H,1-2H3,(H,19,21)(H,20,22)/b12-7+. The summed E-state index contributed by atoms with van der Waals surface area (Å²) >= 11 is 0. The predicted octanol–water partition coefficient (Wildman–Crippen LogP) is 3.61. The molecule has 2 aromatic carbocycles. The topological polar surface area (TPSA) is 58.2 Å². The van der Waals surface area contributed by atoms with Crippen LogP contribution in [0.4, 0.5) is 11.4 Å². The molecular formula is C18H18N2O2. The van der Waals surface area contributed by atoms with Gasteiger partial charge >= 0.3 is 0 Å². The highest BCUT2D eigenvalue weighted by molar-refractivity contribution is 6.02. The Morgan fingerprint density at radius 3 is 2.09 bits per heavy atom. The van der Waals surface area contributed by atoms with Crippen LogP contribution in [0.15, 0.2) is 54.6 Å². The molecule has 0 atom stereocenters. The van der Waals surface area contributed by atoms with E-state index in [1.807, 2.05) is 31.2 Å². The third-order valence-electron chi connectivity index (χ3n) is 3.08. The first-order valence-corrected chi connectivity index (χ1v) is 6.97. The number of hydrogen-bond acceptors (Lipinski definition) is 2. The van der Waals surface area contributed by atoms with Crippen LogP contribution in [0.3, 0.4) is 0 Å². The highest BCUT2D eigenvalue weighted by atomic mass is 16.2. The number of hydrogen-bond donors (Lipinski definition) is 2. The zero-order chi connectivity index (χ0) is 15.9. The summed E-state index contributed by atoms with van der Waals surface area (Å²) in [5.41, 5.74) is 3.50. The van der Waals surface area contributed by atoms with E-state index in [1.54, 1.807) is 30.3 Å². The number of rotatable bonds is 4. The SMILES string of the molecule is CC(=O)Nc1ccc(NC(=O)/C=C/c2ccccc2C)cc1. The number of carbonyl (C=O) groups excluding carboxylic acids is 2. The molecule has 0 aliphatic heterocycles. The van der Waals surface area contributed by atoms with Crippen molar-refractivity contribution in [1.29, 1.82) is 0 Å². The van der Waals surface area contributed by atoms with E-state index in [9.17, 15) is 9.59 Å². The molecule has 2 amide bonds. The van der Waals surface area contributed by atoms with Crippen LogP contribution < -0.4 is 10.6 Å². The van der Waals surface area contributed by atoms with Crippen molar-refractivity contribution in [3.8, 4) is 0 Å². The van der Waals surface area contributed by atoms with E-state index in [2.05, 4.69) is 10.6 Å². The van der Waals surface area contributed by atoms with Crippen LogP contribution in [0.5, 0.6) is 0 Å². The Morgan fingerprint density at radius 1 is 0.909 bits per heavy atom. The Labute approximate surface area is 129 Å². The van der Waals surface area contributed by atoms with Gasteiger partial charge in [0.2, 0.25) is 11.8 Å². The van der Waals surface area contributed by atoms with Crippen molar-refractivity contribution < 1.29 is 9.59 Å². The Morgan fingerprint density at radius 2 is 1.50 bits per heavy atom. The van der Waals surface area contributed by atoms with Crippen LogP contribution in [-0.4, -0.2) is 11.8 Å². The Bertz CT molecular complexity index is 703. The van der Waals surface area contributed by atoms with Crippen LogP contribution in [0.2, 0.25) is 0 Å². The molecule has 0 aliphatic rings. The average Bonchev–Trinajstić information content (AvgIpc) is 2.48. The smallest absolute Gasteiger partial charge is 0.248 e. The van der Waals surface area contributed by atoms with Gasteiger partial charge < -0.3 is 10.6 Å². The summed E-state index contributed by atoms with van der Waals surface area (Å²) in [7, 11) is 0. The monoisotopic (exact) mass is 294 g/mol. The molecule has 2 N–H and O–H groups in total. The Kier molecular flexibility index (Phi) is 5.09. The van der Waals surface area contributed by atoms with Crippen LogP contribution in [-0.2, 0) is 9.59 Å². The van der Waals surface area contributed by atoms with Crippen LogP contribution >= 0.6 is 0 Å². The van der Waals surface area contributed by atoms with Crippen molar-refractivity contribution in [3.63, 3.8) is 0 Å². The van der Waals surface area contributed by atoms with Gasteiger partial charge in [0.25, 0.3) is 0 Å². The van der Waals surface area contributed by atoms with Gasteiger partial charge in [-0.3, -0.25) is 9.59 Å². The lowest BCUT2D eigenvalue weighted by atomic mass is 10.1. The molecule has 0 bridgehead atoms. The van der Waals surface area contributed by atoms with E-state index < -0.39 is 0 Å². The fraction of sp³-hybridized carbons (Fsp3) is 0.111. The maximum atomic E-state index is 11.9. The van der Waals surface area contributed by atoms with E-state index in [1.165, 1.54) is 13.0 Å². The summed E-state index contributed by atoms with van der Waals surface area (Å²) in [6.07, 6.45) is 3.29. The van der Waals surface area contributed by atoms with Gasteiger partial charge in [0.15, 0.2) is 0 Å². The minimum atomic E-state index is -0.199. The van der Waals surface area contributed by atoms with Gasteiger partial charge in [-0.05, 0) is 48.4 Å². The second-order valence-electron chi connectivity index (χ2n) is 4.94.